The van der Waals surface area contributed by atoms with Crippen molar-refractivity contribution in [2.45, 2.75) is 31.7 Å². The van der Waals surface area contributed by atoms with Gasteiger partial charge >= 0.3 is 11.9 Å². The highest BCUT2D eigenvalue weighted by molar-refractivity contribution is 6.30. The maximum atomic E-state index is 13.3. The Morgan fingerprint density at radius 2 is 1.55 bits per heavy atom. The number of halogens is 1. The summed E-state index contributed by atoms with van der Waals surface area (Å²) >= 11 is 5.99. The van der Waals surface area contributed by atoms with Crippen LogP contribution >= 0.6 is 11.6 Å². The lowest BCUT2D eigenvalue weighted by Crippen LogP contribution is -2.62. The van der Waals surface area contributed by atoms with Gasteiger partial charge in [-0.15, -0.1) is 0 Å². The van der Waals surface area contributed by atoms with Crippen LogP contribution in [0.2, 0.25) is 5.02 Å². The highest BCUT2D eigenvalue weighted by Gasteiger charge is 2.66. The molecule has 29 heavy (non-hydrogen) atoms. The summed E-state index contributed by atoms with van der Waals surface area (Å²) in [6, 6.07) is 15.4. The van der Waals surface area contributed by atoms with Crippen LogP contribution in [0.1, 0.15) is 31.7 Å². The number of carbonyl (C=O) groups is 3. The number of ether oxygens (including phenoxy) is 2. The Morgan fingerprint density at radius 3 is 2.07 bits per heavy atom. The van der Waals surface area contributed by atoms with E-state index in [1.165, 1.54) is 4.90 Å². The van der Waals surface area contributed by atoms with Crippen molar-refractivity contribution in [2.75, 3.05) is 18.1 Å². The van der Waals surface area contributed by atoms with Crippen molar-refractivity contribution >= 4 is 35.1 Å². The molecule has 1 unspecified atom stereocenters. The van der Waals surface area contributed by atoms with Crippen LogP contribution < -0.4 is 4.90 Å². The average Bonchev–Trinajstić information content (AvgIpc) is 3.04. The van der Waals surface area contributed by atoms with Crippen LogP contribution in [-0.2, 0) is 23.9 Å². The van der Waals surface area contributed by atoms with Gasteiger partial charge in [-0.1, -0.05) is 41.9 Å². The molecule has 0 aromatic heterocycles. The molecule has 2 aromatic rings. The maximum Gasteiger partial charge on any atom is 0.344 e. The largest absolute Gasteiger partial charge is 0.464 e. The number of hydrogen-bond acceptors (Lipinski definition) is 5. The molecule has 6 nitrogen and oxygen atoms in total. The molecule has 3 rings (SSSR count). The third kappa shape index (κ3) is 3.60. The molecule has 0 N–H and O–H groups in total. The monoisotopic (exact) mass is 415 g/mol. The first-order valence-corrected chi connectivity index (χ1v) is 9.82. The Kier molecular flexibility index (Phi) is 6.23. The first-order valence-electron chi connectivity index (χ1n) is 9.44. The molecule has 152 valence electrons. The molecule has 0 saturated carbocycles. The minimum Gasteiger partial charge on any atom is -0.464 e. The number of benzene rings is 2. The van der Waals surface area contributed by atoms with Crippen LogP contribution in [-0.4, -0.2) is 36.6 Å². The number of rotatable bonds is 6. The van der Waals surface area contributed by atoms with Gasteiger partial charge in [0.15, 0.2) is 0 Å². The number of hydrogen-bond donors (Lipinski definition) is 0. The zero-order valence-electron chi connectivity index (χ0n) is 16.3. The molecule has 0 radical (unpaired) electrons. The smallest absolute Gasteiger partial charge is 0.344 e. The van der Waals surface area contributed by atoms with Crippen LogP contribution in [0.4, 0.5) is 5.69 Å². The Labute approximate surface area is 174 Å². The van der Waals surface area contributed by atoms with E-state index in [1.54, 1.807) is 62.4 Å². The summed E-state index contributed by atoms with van der Waals surface area (Å²) in [5.41, 5.74) is -0.907. The van der Waals surface area contributed by atoms with Crippen LogP contribution in [0.25, 0.3) is 0 Å². The SMILES string of the molecule is CCOC(=O)C1(C(=O)OCC)C(c2ccccc2)CC(=O)N1c1ccc(Cl)cc1. The van der Waals surface area contributed by atoms with Crippen molar-refractivity contribution < 1.29 is 23.9 Å². The predicted molar refractivity (Wildman–Crippen MR) is 109 cm³/mol. The molecule has 1 aliphatic heterocycles. The zero-order valence-corrected chi connectivity index (χ0v) is 17.0. The van der Waals surface area contributed by atoms with Crippen molar-refractivity contribution in [1.82, 2.24) is 0 Å². The number of nitrogens with zero attached hydrogens (tertiary/aromatic N) is 1. The quantitative estimate of drug-likeness (QED) is 0.531. The second-order valence-corrected chi connectivity index (χ2v) is 7.02. The van der Waals surface area contributed by atoms with Gasteiger partial charge < -0.3 is 9.47 Å². The zero-order chi connectivity index (χ0) is 21.0. The van der Waals surface area contributed by atoms with E-state index in [0.29, 0.717) is 16.3 Å². The fourth-order valence-electron chi connectivity index (χ4n) is 3.78. The molecule has 7 heteroatoms. The fourth-order valence-corrected chi connectivity index (χ4v) is 3.91. The highest BCUT2D eigenvalue weighted by atomic mass is 35.5. The summed E-state index contributed by atoms with van der Waals surface area (Å²) in [4.78, 5) is 41.0. The summed E-state index contributed by atoms with van der Waals surface area (Å²) in [7, 11) is 0. The van der Waals surface area contributed by atoms with Gasteiger partial charge in [0.1, 0.15) is 0 Å². The van der Waals surface area contributed by atoms with Crippen LogP contribution in [0.3, 0.4) is 0 Å². The normalized spacial score (nSPS) is 17.8. The molecule has 0 spiro atoms. The molecule has 1 atom stereocenters. The Balaban J connectivity index is 2.26. The van der Waals surface area contributed by atoms with E-state index < -0.39 is 23.4 Å². The summed E-state index contributed by atoms with van der Waals surface area (Å²) in [5.74, 6) is -2.76. The number of esters is 2. The van der Waals surface area contributed by atoms with Crippen molar-refractivity contribution in [3.63, 3.8) is 0 Å². The Morgan fingerprint density at radius 1 is 1.00 bits per heavy atom. The lowest BCUT2D eigenvalue weighted by atomic mass is 9.79. The van der Waals surface area contributed by atoms with E-state index in [9.17, 15) is 14.4 Å². The van der Waals surface area contributed by atoms with E-state index in [1.807, 2.05) is 6.07 Å². The third-order valence-corrected chi connectivity index (χ3v) is 5.20. The Bertz CT molecular complexity index is 879. The lowest BCUT2D eigenvalue weighted by molar-refractivity contribution is -0.165. The van der Waals surface area contributed by atoms with E-state index in [4.69, 9.17) is 21.1 Å². The van der Waals surface area contributed by atoms with Crippen LogP contribution in [0.15, 0.2) is 54.6 Å². The van der Waals surface area contributed by atoms with Crippen molar-refractivity contribution in [1.29, 1.82) is 0 Å². The molecule has 1 fully saturated rings. The number of amides is 1. The first kappa shape index (κ1) is 20.9. The summed E-state index contributed by atoms with van der Waals surface area (Å²) in [5, 5.41) is 0.470. The summed E-state index contributed by atoms with van der Waals surface area (Å²) in [6.07, 6.45) is -0.0374. The van der Waals surface area contributed by atoms with Crippen LogP contribution in [0.5, 0.6) is 0 Å². The van der Waals surface area contributed by atoms with E-state index in [2.05, 4.69) is 0 Å². The molecule has 0 bridgehead atoms. The second kappa shape index (κ2) is 8.66. The van der Waals surface area contributed by atoms with E-state index in [-0.39, 0.29) is 25.5 Å². The molecular weight excluding hydrogens is 394 g/mol. The first-order chi connectivity index (χ1) is 14.0. The molecule has 1 saturated heterocycles. The van der Waals surface area contributed by atoms with Gasteiger partial charge in [0.2, 0.25) is 11.4 Å². The van der Waals surface area contributed by atoms with E-state index >= 15 is 0 Å². The molecule has 0 aliphatic carbocycles. The van der Waals surface area contributed by atoms with Gasteiger partial charge in [-0.25, -0.2) is 9.59 Å². The molecule has 1 amide bonds. The maximum absolute atomic E-state index is 13.3. The number of anilines is 1. The van der Waals surface area contributed by atoms with Crippen molar-refractivity contribution in [3.8, 4) is 0 Å². The highest BCUT2D eigenvalue weighted by Crippen LogP contribution is 2.47. The van der Waals surface area contributed by atoms with Gasteiger partial charge in [-0.05, 0) is 43.7 Å². The standard InChI is InChI=1S/C22H22ClNO5/c1-3-28-20(26)22(21(27)29-4-2)18(15-8-6-5-7-9-15)14-19(25)24(22)17-12-10-16(23)11-13-17/h5-13,18H,3-4,14H2,1-2H3. The topological polar surface area (TPSA) is 72.9 Å². The van der Waals surface area contributed by atoms with Gasteiger partial charge in [-0.2, -0.15) is 0 Å². The van der Waals surface area contributed by atoms with Gasteiger partial charge in [0.05, 0.1) is 13.2 Å². The molecule has 1 heterocycles. The molecule has 2 aromatic carbocycles. The van der Waals surface area contributed by atoms with Crippen molar-refractivity contribution in [2.24, 2.45) is 0 Å². The second-order valence-electron chi connectivity index (χ2n) is 6.58. The Hall–Kier alpha value is -2.86. The fraction of sp³-hybridized carbons (Fsp3) is 0.318. The lowest BCUT2D eigenvalue weighted by Gasteiger charge is -2.37. The molecule has 1 aliphatic rings. The van der Waals surface area contributed by atoms with Gasteiger partial charge in [-0.3, -0.25) is 9.69 Å². The molecular formula is C22H22ClNO5. The van der Waals surface area contributed by atoms with Gasteiger partial charge in [0.25, 0.3) is 0 Å². The summed E-state index contributed by atoms with van der Waals surface area (Å²) in [6.45, 7) is 3.42. The predicted octanol–water partition coefficient (Wildman–Crippen LogP) is 3.73. The average molecular weight is 416 g/mol. The minimum atomic E-state index is -1.96. The third-order valence-electron chi connectivity index (χ3n) is 4.95. The minimum absolute atomic E-state index is 0.0374. The van der Waals surface area contributed by atoms with Crippen LogP contribution in [0, 0.1) is 0 Å². The van der Waals surface area contributed by atoms with Gasteiger partial charge in [0, 0.05) is 23.0 Å². The summed E-state index contributed by atoms with van der Waals surface area (Å²) < 4.78 is 10.6. The number of carbonyl (C=O) groups excluding carboxylic acids is 3. The van der Waals surface area contributed by atoms with Crippen molar-refractivity contribution in [3.05, 3.63) is 65.2 Å². The van der Waals surface area contributed by atoms with E-state index in [0.717, 1.165) is 0 Å².